The molecule has 0 amide bonds. The molecule has 0 aliphatic heterocycles. The fraction of sp³-hybridized carbons (Fsp3) is 1.00. The molecule has 0 spiro atoms. The molecule has 8 atom stereocenters. The van der Waals surface area contributed by atoms with Gasteiger partial charge in [0, 0.05) is 25.7 Å². The van der Waals surface area contributed by atoms with Gasteiger partial charge in [-0.05, 0) is 115 Å². The van der Waals surface area contributed by atoms with Crippen molar-refractivity contribution >= 4 is 0 Å². The summed E-state index contributed by atoms with van der Waals surface area (Å²) in [6.45, 7) is 13.6. The third-order valence-corrected chi connectivity index (χ3v) is 12.7. The van der Waals surface area contributed by atoms with Crippen LogP contribution in [0.1, 0.15) is 112 Å². The first kappa shape index (κ1) is 26.0. The standard InChI is InChI=1S/C30H54O3/c1-27(2)14-7-15-28(3)25(27)13-17-30(5)26(28)11-10-24-23(12-16-29(24,30)4)22(20-33)9-6-8-21(18-31)19-32/h21-26,31-33H,6-20H2,1-5H3/t22-,23+,24+,25-,26+,28-,29+,30+/m0/s1. The highest BCUT2D eigenvalue weighted by Gasteiger charge is 2.67. The molecule has 4 rings (SSSR count). The third-order valence-electron chi connectivity index (χ3n) is 12.7. The maximum atomic E-state index is 10.4. The van der Waals surface area contributed by atoms with E-state index in [0.29, 0.717) is 40.1 Å². The van der Waals surface area contributed by atoms with Gasteiger partial charge < -0.3 is 15.3 Å². The molecule has 0 unspecified atom stereocenters. The fourth-order valence-electron chi connectivity index (χ4n) is 10.8. The van der Waals surface area contributed by atoms with Gasteiger partial charge in [0.05, 0.1) is 0 Å². The summed E-state index contributed by atoms with van der Waals surface area (Å²) in [6.07, 6.45) is 15.3. The topological polar surface area (TPSA) is 60.7 Å². The second-order valence-corrected chi connectivity index (χ2v) is 14.3. The Bertz CT molecular complexity index is 671. The highest BCUT2D eigenvalue weighted by molar-refractivity contribution is 5.16. The zero-order valence-electron chi connectivity index (χ0n) is 22.4. The summed E-state index contributed by atoms with van der Waals surface area (Å²) in [5.41, 5.74) is 1.83. The van der Waals surface area contributed by atoms with Gasteiger partial charge >= 0.3 is 0 Å². The van der Waals surface area contributed by atoms with Gasteiger partial charge in [-0.2, -0.15) is 0 Å². The second-order valence-electron chi connectivity index (χ2n) is 14.3. The van der Waals surface area contributed by atoms with E-state index in [0.717, 1.165) is 37.0 Å². The normalized spacial score (nSPS) is 45.4. The van der Waals surface area contributed by atoms with Crippen molar-refractivity contribution in [1.82, 2.24) is 0 Å². The second kappa shape index (κ2) is 9.40. The molecule has 33 heavy (non-hydrogen) atoms. The van der Waals surface area contributed by atoms with Crippen molar-refractivity contribution in [2.45, 2.75) is 112 Å². The van der Waals surface area contributed by atoms with Crippen LogP contribution in [0.15, 0.2) is 0 Å². The summed E-state index contributed by atoms with van der Waals surface area (Å²) in [7, 11) is 0. The Morgan fingerprint density at radius 2 is 1.39 bits per heavy atom. The van der Waals surface area contributed by atoms with Gasteiger partial charge in [0.15, 0.2) is 0 Å². The molecule has 3 nitrogen and oxygen atoms in total. The number of hydrogen-bond donors (Lipinski definition) is 3. The zero-order chi connectivity index (χ0) is 24.1. The summed E-state index contributed by atoms with van der Waals surface area (Å²) >= 11 is 0. The van der Waals surface area contributed by atoms with Gasteiger partial charge in [0.25, 0.3) is 0 Å². The lowest BCUT2D eigenvalue weighted by atomic mass is 9.35. The molecular formula is C30H54O3. The minimum Gasteiger partial charge on any atom is -0.396 e. The van der Waals surface area contributed by atoms with E-state index >= 15 is 0 Å². The van der Waals surface area contributed by atoms with Gasteiger partial charge in [0.2, 0.25) is 0 Å². The van der Waals surface area contributed by atoms with Crippen molar-refractivity contribution in [2.24, 2.45) is 57.2 Å². The van der Waals surface area contributed by atoms with Crippen LogP contribution in [0, 0.1) is 57.2 Å². The molecule has 4 fully saturated rings. The molecule has 0 saturated heterocycles. The van der Waals surface area contributed by atoms with Crippen LogP contribution < -0.4 is 0 Å². The zero-order valence-corrected chi connectivity index (χ0v) is 22.4. The smallest absolute Gasteiger partial charge is 0.0481 e. The summed E-state index contributed by atoms with van der Waals surface area (Å²) in [5, 5.41) is 29.2. The SMILES string of the molecule is CC1(C)CCC[C@]2(C)[C@H]3CC[C@@H]4[C@@H]([C@H](CO)CCCC(CO)CO)CC[C@@]4(C)[C@]3(C)CC[C@@H]12. The molecule has 0 radical (unpaired) electrons. The van der Waals surface area contributed by atoms with Crippen LogP contribution in [0.2, 0.25) is 0 Å². The molecule has 0 bridgehead atoms. The molecule has 0 aromatic rings. The van der Waals surface area contributed by atoms with Crippen molar-refractivity contribution in [1.29, 1.82) is 0 Å². The Labute approximate surface area is 204 Å². The molecule has 0 heterocycles. The van der Waals surface area contributed by atoms with Gasteiger partial charge in [0.1, 0.15) is 0 Å². The molecule has 4 aliphatic rings. The minimum absolute atomic E-state index is 0.00297. The van der Waals surface area contributed by atoms with Gasteiger partial charge in [-0.1, -0.05) is 47.5 Å². The highest BCUT2D eigenvalue weighted by atomic mass is 16.3. The van der Waals surface area contributed by atoms with E-state index in [1.807, 2.05) is 0 Å². The Hall–Kier alpha value is -0.120. The molecular weight excluding hydrogens is 408 g/mol. The van der Waals surface area contributed by atoms with Crippen molar-refractivity contribution in [2.75, 3.05) is 19.8 Å². The Morgan fingerprint density at radius 1 is 0.697 bits per heavy atom. The lowest BCUT2D eigenvalue weighted by Gasteiger charge is -2.69. The quantitative estimate of drug-likeness (QED) is 0.389. The molecule has 0 aromatic carbocycles. The monoisotopic (exact) mass is 462 g/mol. The Kier molecular flexibility index (Phi) is 7.39. The average Bonchev–Trinajstić information content (AvgIpc) is 3.11. The van der Waals surface area contributed by atoms with Crippen LogP contribution in [0.25, 0.3) is 0 Å². The largest absolute Gasteiger partial charge is 0.396 e. The Morgan fingerprint density at radius 3 is 2.06 bits per heavy atom. The summed E-state index contributed by atoms with van der Waals surface area (Å²) in [4.78, 5) is 0. The molecule has 3 N–H and O–H groups in total. The van der Waals surface area contributed by atoms with Crippen LogP contribution in [0.3, 0.4) is 0 Å². The molecule has 192 valence electrons. The maximum Gasteiger partial charge on any atom is 0.0481 e. The molecule has 4 saturated carbocycles. The van der Waals surface area contributed by atoms with Crippen LogP contribution in [0.4, 0.5) is 0 Å². The molecule has 3 heteroatoms. The first-order valence-corrected chi connectivity index (χ1v) is 14.4. The number of aliphatic hydroxyl groups excluding tert-OH is 3. The van der Waals surface area contributed by atoms with E-state index in [1.54, 1.807) is 0 Å². The van der Waals surface area contributed by atoms with Crippen molar-refractivity contribution in [3.8, 4) is 0 Å². The first-order chi connectivity index (χ1) is 15.6. The van der Waals surface area contributed by atoms with E-state index in [2.05, 4.69) is 34.6 Å². The lowest BCUT2D eigenvalue weighted by Crippen LogP contribution is -2.62. The minimum atomic E-state index is 0.00297. The van der Waals surface area contributed by atoms with Crippen molar-refractivity contribution in [3.05, 3.63) is 0 Å². The van der Waals surface area contributed by atoms with Crippen LogP contribution >= 0.6 is 0 Å². The highest BCUT2D eigenvalue weighted by Crippen LogP contribution is 2.75. The summed E-state index contributed by atoms with van der Waals surface area (Å²) < 4.78 is 0. The predicted octanol–water partition coefficient (Wildman–Crippen LogP) is 6.44. The summed E-state index contributed by atoms with van der Waals surface area (Å²) in [6, 6.07) is 0. The van der Waals surface area contributed by atoms with E-state index < -0.39 is 0 Å². The third kappa shape index (κ3) is 4.05. The van der Waals surface area contributed by atoms with Crippen molar-refractivity contribution < 1.29 is 15.3 Å². The number of rotatable bonds is 8. The van der Waals surface area contributed by atoms with Gasteiger partial charge in [-0.3, -0.25) is 0 Å². The fourth-order valence-corrected chi connectivity index (χ4v) is 10.8. The first-order valence-electron chi connectivity index (χ1n) is 14.4. The van der Waals surface area contributed by atoms with E-state index in [1.165, 1.54) is 57.8 Å². The number of hydrogen-bond acceptors (Lipinski definition) is 3. The van der Waals surface area contributed by atoms with Crippen LogP contribution in [-0.2, 0) is 0 Å². The van der Waals surface area contributed by atoms with Crippen LogP contribution in [0.5, 0.6) is 0 Å². The number of aliphatic hydroxyl groups is 3. The summed E-state index contributed by atoms with van der Waals surface area (Å²) in [5.74, 6) is 3.52. The van der Waals surface area contributed by atoms with E-state index in [9.17, 15) is 15.3 Å². The van der Waals surface area contributed by atoms with Gasteiger partial charge in [-0.15, -0.1) is 0 Å². The van der Waals surface area contributed by atoms with Crippen LogP contribution in [-0.4, -0.2) is 35.1 Å². The van der Waals surface area contributed by atoms with E-state index in [4.69, 9.17) is 0 Å². The Balaban J connectivity index is 1.52. The average molecular weight is 463 g/mol. The molecule has 0 aromatic heterocycles. The molecule has 4 aliphatic carbocycles. The predicted molar refractivity (Wildman–Crippen MR) is 136 cm³/mol. The number of fused-ring (bicyclic) bond motifs is 5. The van der Waals surface area contributed by atoms with E-state index in [-0.39, 0.29) is 19.1 Å². The maximum absolute atomic E-state index is 10.4. The van der Waals surface area contributed by atoms with Crippen molar-refractivity contribution in [3.63, 3.8) is 0 Å². The lowest BCUT2D eigenvalue weighted by molar-refractivity contribution is -0.204. The van der Waals surface area contributed by atoms with Gasteiger partial charge in [-0.25, -0.2) is 0 Å².